The average Bonchev–Trinajstić information content (AvgIpc) is 2.35. The van der Waals surface area contributed by atoms with Gasteiger partial charge in [0.2, 0.25) is 0 Å². The van der Waals surface area contributed by atoms with Gasteiger partial charge in [-0.25, -0.2) is 0 Å². The lowest BCUT2D eigenvalue weighted by atomic mass is 9.92. The van der Waals surface area contributed by atoms with Crippen molar-refractivity contribution in [3.63, 3.8) is 0 Å². The molecule has 3 nitrogen and oxygen atoms in total. The summed E-state index contributed by atoms with van der Waals surface area (Å²) >= 11 is 0. The first kappa shape index (κ1) is 13.9. The number of rotatable bonds is 6. The Morgan fingerprint density at radius 1 is 1.31 bits per heavy atom. The van der Waals surface area contributed by atoms with Gasteiger partial charge in [0.15, 0.2) is 0 Å². The maximum Gasteiger partial charge on any atom is 0.0700 e. The van der Waals surface area contributed by atoms with Crippen molar-refractivity contribution in [2.75, 3.05) is 26.2 Å². The van der Waals surface area contributed by atoms with Crippen molar-refractivity contribution in [2.45, 2.75) is 52.2 Å². The van der Waals surface area contributed by atoms with Gasteiger partial charge < -0.3 is 10.5 Å². The zero-order valence-corrected chi connectivity index (χ0v) is 11.1. The standard InChI is InChI=1S/C13H28N2O/c1-4-11(5-2)13(9-14)15-7-8-16-12(6-3)10-15/h11-13H,4-10,14H2,1-3H3. The molecule has 0 bridgehead atoms. The third-order valence-electron chi connectivity index (χ3n) is 3.93. The topological polar surface area (TPSA) is 38.5 Å². The van der Waals surface area contributed by atoms with Gasteiger partial charge in [-0.05, 0) is 12.3 Å². The van der Waals surface area contributed by atoms with Gasteiger partial charge in [-0.1, -0.05) is 33.6 Å². The summed E-state index contributed by atoms with van der Waals surface area (Å²) in [6.45, 7) is 10.5. The molecule has 0 aliphatic carbocycles. The summed E-state index contributed by atoms with van der Waals surface area (Å²) < 4.78 is 5.72. The van der Waals surface area contributed by atoms with E-state index in [1.165, 1.54) is 12.8 Å². The molecule has 0 aromatic heterocycles. The van der Waals surface area contributed by atoms with E-state index >= 15 is 0 Å². The molecule has 1 aliphatic heterocycles. The molecule has 2 unspecified atom stereocenters. The first-order valence-electron chi connectivity index (χ1n) is 6.82. The quantitative estimate of drug-likeness (QED) is 0.754. The fourth-order valence-corrected chi connectivity index (χ4v) is 2.76. The molecule has 0 aromatic rings. The predicted octanol–water partition coefficient (Wildman–Crippen LogP) is 1.86. The number of ether oxygens (including phenoxy) is 1. The van der Waals surface area contributed by atoms with E-state index in [9.17, 15) is 0 Å². The summed E-state index contributed by atoms with van der Waals surface area (Å²) in [5.41, 5.74) is 5.96. The number of morpholine rings is 1. The van der Waals surface area contributed by atoms with Crippen LogP contribution in [0.4, 0.5) is 0 Å². The highest BCUT2D eigenvalue weighted by Gasteiger charge is 2.28. The van der Waals surface area contributed by atoms with Crippen LogP contribution in [0.25, 0.3) is 0 Å². The van der Waals surface area contributed by atoms with E-state index in [0.717, 1.165) is 38.6 Å². The fraction of sp³-hybridized carbons (Fsp3) is 1.00. The lowest BCUT2D eigenvalue weighted by Gasteiger charge is -2.40. The Hall–Kier alpha value is -0.120. The van der Waals surface area contributed by atoms with Crippen molar-refractivity contribution in [2.24, 2.45) is 11.7 Å². The van der Waals surface area contributed by atoms with Crippen molar-refractivity contribution in [3.8, 4) is 0 Å². The van der Waals surface area contributed by atoms with Gasteiger partial charge in [-0.15, -0.1) is 0 Å². The van der Waals surface area contributed by atoms with Crippen LogP contribution in [0.3, 0.4) is 0 Å². The maximum atomic E-state index is 5.96. The number of nitrogens with two attached hydrogens (primary N) is 1. The molecule has 0 saturated carbocycles. The Bertz CT molecular complexity index is 183. The van der Waals surface area contributed by atoms with Crippen molar-refractivity contribution in [1.82, 2.24) is 4.90 Å². The summed E-state index contributed by atoms with van der Waals surface area (Å²) in [5.74, 6) is 0.737. The molecule has 1 fully saturated rings. The number of hydrogen-bond acceptors (Lipinski definition) is 3. The van der Waals surface area contributed by atoms with Crippen LogP contribution in [0.15, 0.2) is 0 Å². The minimum absolute atomic E-state index is 0.414. The van der Waals surface area contributed by atoms with Crippen LogP contribution in [0.2, 0.25) is 0 Å². The number of nitrogens with zero attached hydrogens (tertiary/aromatic N) is 1. The molecule has 1 heterocycles. The fourth-order valence-electron chi connectivity index (χ4n) is 2.76. The molecule has 1 saturated heterocycles. The Morgan fingerprint density at radius 2 is 2.00 bits per heavy atom. The minimum atomic E-state index is 0.414. The lowest BCUT2D eigenvalue weighted by molar-refractivity contribution is -0.0520. The highest BCUT2D eigenvalue weighted by molar-refractivity contribution is 4.83. The van der Waals surface area contributed by atoms with E-state index in [-0.39, 0.29) is 0 Å². The molecular formula is C13H28N2O. The Balaban J connectivity index is 2.57. The molecule has 2 N–H and O–H groups in total. The van der Waals surface area contributed by atoms with Gasteiger partial charge >= 0.3 is 0 Å². The molecule has 0 amide bonds. The van der Waals surface area contributed by atoms with Crippen molar-refractivity contribution < 1.29 is 4.74 Å². The minimum Gasteiger partial charge on any atom is -0.376 e. The van der Waals surface area contributed by atoms with Crippen molar-refractivity contribution in [3.05, 3.63) is 0 Å². The van der Waals surface area contributed by atoms with Crippen molar-refractivity contribution >= 4 is 0 Å². The van der Waals surface area contributed by atoms with E-state index in [2.05, 4.69) is 25.7 Å². The average molecular weight is 228 g/mol. The van der Waals surface area contributed by atoms with Crippen LogP contribution in [0.1, 0.15) is 40.0 Å². The molecule has 1 rings (SSSR count). The molecule has 3 heteroatoms. The highest BCUT2D eigenvalue weighted by atomic mass is 16.5. The van der Waals surface area contributed by atoms with E-state index in [4.69, 9.17) is 10.5 Å². The normalized spacial score (nSPS) is 24.9. The van der Waals surface area contributed by atoms with Gasteiger partial charge in [-0.3, -0.25) is 4.90 Å². The molecule has 0 radical (unpaired) electrons. The van der Waals surface area contributed by atoms with E-state index in [1.54, 1.807) is 0 Å². The smallest absolute Gasteiger partial charge is 0.0700 e. The summed E-state index contributed by atoms with van der Waals surface area (Å²) in [4.78, 5) is 2.55. The molecule has 1 aliphatic rings. The van der Waals surface area contributed by atoms with Gasteiger partial charge in [0.25, 0.3) is 0 Å². The summed E-state index contributed by atoms with van der Waals surface area (Å²) in [6, 6.07) is 0.549. The van der Waals surface area contributed by atoms with Crippen LogP contribution in [-0.2, 0) is 4.74 Å². The van der Waals surface area contributed by atoms with Crippen molar-refractivity contribution in [1.29, 1.82) is 0 Å². The van der Waals surface area contributed by atoms with Crippen LogP contribution < -0.4 is 5.73 Å². The SMILES string of the molecule is CCC1CN(C(CN)C(CC)CC)CCO1. The van der Waals surface area contributed by atoms with Gasteiger partial charge in [0.05, 0.1) is 12.7 Å². The predicted molar refractivity (Wildman–Crippen MR) is 68.5 cm³/mol. The third-order valence-corrected chi connectivity index (χ3v) is 3.93. The zero-order valence-electron chi connectivity index (χ0n) is 11.1. The largest absolute Gasteiger partial charge is 0.376 e. The van der Waals surface area contributed by atoms with Crippen LogP contribution in [0, 0.1) is 5.92 Å². The van der Waals surface area contributed by atoms with Gasteiger partial charge in [0.1, 0.15) is 0 Å². The monoisotopic (exact) mass is 228 g/mol. The highest BCUT2D eigenvalue weighted by Crippen LogP contribution is 2.21. The summed E-state index contributed by atoms with van der Waals surface area (Å²) in [7, 11) is 0. The zero-order chi connectivity index (χ0) is 12.0. The van der Waals surface area contributed by atoms with Crippen LogP contribution >= 0.6 is 0 Å². The lowest BCUT2D eigenvalue weighted by Crippen LogP contribution is -2.52. The van der Waals surface area contributed by atoms with Gasteiger partial charge in [0, 0.05) is 25.7 Å². The van der Waals surface area contributed by atoms with E-state index < -0.39 is 0 Å². The molecule has 96 valence electrons. The maximum absolute atomic E-state index is 5.96. The molecule has 0 spiro atoms. The number of hydrogen-bond donors (Lipinski definition) is 1. The second-order valence-corrected chi connectivity index (χ2v) is 4.78. The summed E-state index contributed by atoms with van der Waals surface area (Å²) in [5, 5.41) is 0. The van der Waals surface area contributed by atoms with Crippen LogP contribution in [0.5, 0.6) is 0 Å². The third kappa shape index (κ3) is 3.44. The second kappa shape index (κ2) is 7.25. The molecular weight excluding hydrogens is 200 g/mol. The summed E-state index contributed by atoms with van der Waals surface area (Å²) in [6.07, 6.45) is 3.98. The Labute approximate surface area is 100 Å². The van der Waals surface area contributed by atoms with E-state index in [1.807, 2.05) is 0 Å². The molecule has 0 aromatic carbocycles. The second-order valence-electron chi connectivity index (χ2n) is 4.78. The van der Waals surface area contributed by atoms with Crippen LogP contribution in [-0.4, -0.2) is 43.3 Å². The first-order chi connectivity index (χ1) is 7.76. The first-order valence-corrected chi connectivity index (χ1v) is 6.82. The molecule has 16 heavy (non-hydrogen) atoms. The van der Waals surface area contributed by atoms with Gasteiger partial charge in [-0.2, -0.15) is 0 Å². The van der Waals surface area contributed by atoms with E-state index in [0.29, 0.717) is 12.1 Å². The Kier molecular flexibility index (Phi) is 6.32. The Morgan fingerprint density at radius 3 is 2.50 bits per heavy atom. The molecule has 2 atom stereocenters.